The predicted molar refractivity (Wildman–Crippen MR) is 120 cm³/mol. The minimum absolute atomic E-state index is 0.350. The molecule has 1 aliphatic heterocycles. The van der Waals surface area contributed by atoms with Gasteiger partial charge in [-0.25, -0.2) is 0 Å². The Labute approximate surface area is 178 Å². The van der Waals surface area contributed by atoms with E-state index in [9.17, 15) is 0 Å². The molecular weight excluding hydrogens is 432 g/mol. The fraction of sp³-hybridized carbons (Fsp3) is 0.167. The fourth-order valence-corrected chi connectivity index (χ4v) is 4.48. The molecule has 1 atom stereocenters. The highest BCUT2D eigenvalue weighted by Gasteiger charge is 2.24. The lowest BCUT2D eigenvalue weighted by molar-refractivity contribution is -0.111. The Bertz CT molecular complexity index is 942. The van der Waals surface area contributed by atoms with E-state index in [-0.39, 0.29) is 6.29 Å². The van der Waals surface area contributed by atoms with Gasteiger partial charge < -0.3 is 9.47 Å². The maximum atomic E-state index is 6.26. The van der Waals surface area contributed by atoms with Gasteiger partial charge in [-0.3, -0.25) is 0 Å². The lowest BCUT2D eigenvalue weighted by Gasteiger charge is -2.28. The zero-order chi connectivity index (χ0) is 19.2. The molecular formula is C24H21BrO2S. The van der Waals surface area contributed by atoms with Crippen LogP contribution in [0.5, 0.6) is 5.75 Å². The third-order valence-electron chi connectivity index (χ3n) is 4.48. The van der Waals surface area contributed by atoms with Crippen molar-refractivity contribution in [3.63, 3.8) is 0 Å². The van der Waals surface area contributed by atoms with Crippen molar-refractivity contribution in [2.75, 3.05) is 5.75 Å². The standard InChI is InChI=1S/C24H21BrO2S/c25-22-14-20-16-26-24(19-11-5-2-6-12-19)27-23(20)21(15-22)17-28-13-7-10-18-8-3-1-4-9-18/h1-12,14-15,24H,13,16-17H2/b10-7+. The minimum atomic E-state index is -0.350. The Morgan fingerprint density at radius 1 is 1.00 bits per heavy atom. The lowest BCUT2D eigenvalue weighted by Crippen LogP contribution is -2.19. The van der Waals surface area contributed by atoms with Crippen molar-refractivity contribution in [1.29, 1.82) is 0 Å². The topological polar surface area (TPSA) is 18.5 Å². The normalized spacial score (nSPS) is 16.0. The Balaban J connectivity index is 1.43. The second-order valence-corrected chi connectivity index (χ2v) is 8.50. The third kappa shape index (κ3) is 4.88. The van der Waals surface area contributed by atoms with Crippen LogP contribution in [-0.4, -0.2) is 5.75 Å². The van der Waals surface area contributed by atoms with Crippen LogP contribution in [0.4, 0.5) is 0 Å². The molecule has 0 fully saturated rings. The third-order valence-corrected chi connectivity index (χ3v) is 5.88. The largest absolute Gasteiger partial charge is 0.460 e. The number of rotatable bonds is 6. The van der Waals surface area contributed by atoms with Gasteiger partial charge in [-0.05, 0) is 17.7 Å². The van der Waals surface area contributed by atoms with E-state index in [0.29, 0.717) is 6.61 Å². The molecule has 0 saturated heterocycles. The summed E-state index contributed by atoms with van der Waals surface area (Å²) in [6, 6.07) is 24.7. The van der Waals surface area contributed by atoms with Crippen LogP contribution in [0.15, 0.2) is 83.3 Å². The predicted octanol–water partition coefficient (Wildman–Crippen LogP) is 7.00. The first-order valence-corrected chi connectivity index (χ1v) is 11.2. The highest BCUT2D eigenvalue weighted by molar-refractivity contribution is 9.10. The smallest absolute Gasteiger partial charge is 0.227 e. The van der Waals surface area contributed by atoms with E-state index >= 15 is 0 Å². The molecule has 0 aromatic heterocycles. The van der Waals surface area contributed by atoms with Gasteiger partial charge in [0.2, 0.25) is 6.29 Å². The number of hydrogen-bond donors (Lipinski definition) is 0. The van der Waals surface area contributed by atoms with Crippen molar-refractivity contribution in [1.82, 2.24) is 0 Å². The fourth-order valence-electron chi connectivity index (χ4n) is 3.14. The lowest BCUT2D eigenvalue weighted by atomic mass is 10.1. The molecule has 142 valence electrons. The van der Waals surface area contributed by atoms with Crippen LogP contribution < -0.4 is 4.74 Å². The van der Waals surface area contributed by atoms with Gasteiger partial charge in [0.05, 0.1) is 6.61 Å². The van der Waals surface area contributed by atoms with Gasteiger partial charge >= 0.3 is 0 Å². The molecule has 1 unspecified atom stereocenters. The number of hydrogen-bond acceptors (Lipinski definition) is 3. The van der Waals surface area contributed by atoms with Gasteiger partial charge in [0.1, 0.15) is 5.75 Å². The first-order chi connectivity index (χ1) is 13.8. The molecule has 0 radical (unpaired) electrons. The number of fused-ring (bicyclic) bond motifs is 1. The molecule has 0 saturated carbocycles. The summed E-state index contributed by atoms with van der Waals surface area (Å²) in [4.78, 5) is 0. The molecule has 3 aromatic rings. The maximum absolute atomic E-state index is 6.26. The van der Waals surface area contributed by atoms with Crippen molar-refractivity contribution in [2.24, 2.45) is 0 Å². The molecule has 3 aromatic carbocycles. The molecule has 0 aliphatic carbocycles. The second-order valence-electron chi connectivity index (χ2n) is 6.55. The zero-order valence-electron chi connectivity index (χ0n) is 15.4. The summed E-state index contributed by atoms with van der Waals surface area (Å²) in [5.74, 6) is 2.81. The number of benzene rings is 3. The van der Waals surface area contributed by atoms with Gasteiger partial charge in [0.15, 0.2) is 0 Å². The van der Waals surface area contributed by atoms with E-state index in [4.69, 9.17) is 9.47 Å². The number of thioether (sulfide) groups is 1. The van der Waals surface area contributed by atoms with E-state index in [1.807, 2.05) is 48.2 Å². The highest BCUT2D eigenvalue weighted by atomic mass is 79.9. The van der Waals surface area contributed by atoms with E-state index in [1.54, 1.807) is 0 Å². The minimum Gasteiger partial charge on any atom is -0.460 e. The molecule has 0 bridgehead atoms. The first-order valence-electron chi connectivity index (χ1n) is 9.23. The van der Waals surface area contributed by atoms with E-state index < -0.39 is 0 Å². The zero-order valence-corrected chi connectivity index (χ0v) is 17.8. The average molecular weight is 453 g/mol. The Morgan fingerprint density at radius 2 is 1.75 bits per heavy atom. The van der Waals surface area contributed by atoms with Crippen LogP contribution >= 0.6 is 27.7 Å². The quantitative estimate of drug-likeness (QED) is 0.374. The van der Waals surface area contributed by atoms with Gasteiger partial charge in [-0.2, -0.15) is 11.8 Å². The molecule has 0 spiro atoms. The van der Waals surface area contributed by atoms with Crippen molar-refractivity contribution in [3.05, 3.63) is 106 Å². The van der Waals surface area contributed by atoms with Crippen LogP contribution in [0, 0.1) is 0 Å². The molecule has 0 amide bonds. The molecule has 0 N–H and O–H groups in total. The Hall–Kier alpha value is -2.01. The Morgan fingerprint density at radius 3 is 2.54 bits per heavy atom. The number of halogens is 1. The van der Waals surface area contributed by atoms with E-state index in [2.05, 4.69) is 64.5 Å². The molecule has 4 rings (SSSR count). The van der Waals surface area contributed by atoms with Crippen LogP contribution in [0.2, 0.25) is 0 Å². The SMILES string of the molecule is Brc1cc2c(c(CSC/C=C/c3ccccc3)c1)OC(c1ccccc1)OC2. The average Bonchev–Trinajstić information content (AvgIpc) is 2.74. The van der Waals surface area contributed by atoms with Crippen LogP contribution in [0.1, 0.15) is 28.5 Å². The van der Waals surface area contributed by atoms with Gasteiger partial charge in [0, 0.05) is 32.7 Å². The highest BCUT2D eigenvalue weighted by Crippen LogP contribution is 2.39. The second kappa shape index (κ2) is 9.46. The number of ether oxygens (including phenoxy) is 2. The van der Waals surface area contributed by atoms with E-state index in [0.717, 1.165) is 32.9 Å². The van der Waals surface area contributed by atoms with Gasteiger partial charge in [0.25, 0.3) is 0 Å². The van der Waals surface area contributed by atoms with Crippen molar-refractivity contribution in [2.45, 2.75) is 18.6 Å². The molecule has 28 heavy (non-hydrogen) atoms. The van der Waals surface area contributed by atoms with E-state index in [1.165, 1.54) is 11.1 Å². The van der Waals surface area contributed by atoms with Gasteiger partial charge in [-0.15, -0.1) is 0 Å². The summed E-state index contributed by atoms with van der Waals surface area (Å²) in [6.07, 6.45) is 4.02. The summed E-state index contributed by atoms with van der Waals surface area (Å²) < 4.78 is 13.2. The summed E-state index contributed by atoms with van der Waals surface area (Å²) in [6.45, 7) is 0.555. The van der Waals surface area contributed by atoms with Crippen molar-refractivity contribution >= 4 is 33.8 Å². The monoisotopic (exact) mass is 452 g/mol. The summed E-state index contributed by atoms with van der Waals surface area (Å²) in [5.41, 5.74) is 4.57. The molecule has 4 heteroatoms. The van der Waals surface area contributed by atoms with Crippen molar-refractivity contribution in [3.8, 4) is 5.75 Å². The summed E-state index contributed by atoms with van der Waals surface area (Å²) in [7, 11) is 0. The van der Waals surface area contributed by atoms with Gasteiger partial charge in [-0.1, -0.05) is 88.7 Å². The molecule has 1 aliphatic rings. The van der Waals surface area contributed by atoms with Crippen LogP contribution in [-0.2, 0) is 17.1 Å². The first kappa shape index (κ1) is 19.3. The van der Waals surface area contributed by atoms with Crippen LogP contribution in [0.25, 0.3) is 6.08 Å². The maximum Gasteiger partial charge on any atom is 0.227 e. The molecule has 2 nitrogen and oxygen atoms in total. The van der Waals surface area contributed by atoms with Crippen molar-refractivity contribution < 1.29 is 9.47 Å². The van der Waals surface area contributed by atoms with Crippen LogP contribution in [0.3, 0.4) is 0 Å². The summed E-state index contributed by atoms with van der Waals surface area (Å²) in [5, 5.41) is 0. The Kier molecular flexibility index (Phi) is 6.53. The molecule has 1 heterocycles. The summed E-state index contributed by atoms with van der Waals surface area (Å²) >= 11 is 5.50.